The summed E-state index contributed by atoms with van der Waals surface area (Å²) < 4.78 is 0. The fraction of sp³-hybridized carbons (Fsp3) is 0.571. The zero-order valence-electron chi connectivity index (χ0n) is 9.95. The third-order valence-electron chi connectivity index (χ3n) is 3.94. The van der Waals surface area contributed by atoms with Crippen LogP contribution in [0, 0.1) is 0 Å². The van der Waals surface area contributed by atoms with Gasteiger partial charge in [-0.1, -0.05) is 43.7 Å². The highest BCUT2D eigenvalue weighted by Gasteiger charge is 2.37. The van der Waals surface area contributed by atoms with E-state index in [1.807, 2.05) is 6.07 Å². The largest absolute Gasteiger partial charge is 0.394 e. The average molecular weight is 219 g/mol. The molecule has 2 N–H and O–H groups in total. The molecule has 2 rings (SSSR count). The van der Waals surface area contributed by atoms with E-state index in [1.54, 1.807) is 0 Å². The van der Waals surface area contributed by atoms with Gasteiger partial charge in [-0.25, -0.2) is 0 Å². The smallest absolute Gasteiger partial charge is 0.0619 e. The monoisotopic (exact) mass is 219 g/mol. The molecule has 0 aliphatic carbocycles. The number of nitrogens with one attached hydrogen (secondary N) is 1. The molecule has 0 saturated carbocycles. The Morgan fingerprint density at radius 2 is 2.06 bits per heavy atom. The summed E-state index contributed by atoms with van der Waals surface area (Å²) in [7, 11) is 0. The molecular formula is C14H21NO. The van der Waals surface area contributed by atoms with E-state index in [4.69, 9.17) is 0 Å². The van der Waals surface area contributed by atoms with Gasteiger partial charge in [0.2, 0.25) is 0 Å². The quantitative estimate of drug-likeness (QED) is 0.817. The van der Waals surface area contributed by atoms with Crippen LogP contribution in [0.25, 0.3) is 0 Å². The minimum atomic E-state index is -0.112. The number of aliphatic hydroxyl groups is 1. The first-order valence-electron chi connectivity index (χ1n) is 6.19. The van der Waals surface area contributed by atoms with Crippen LogP contribution >= 0.6 is 0 Å². The zero-order chi connectivity index (χ0) is 11.4. The predicted octanol–water partition coefficient (Wildman–Crippen LogP) is 2.29. The Balaban J connectivity index is 2.20. The molecule has 2 heteroatoms. The van der Waals surface area contributed by atoms with Crippen molar-refractivity contribution < 1.29 is 5.11 Å². The highest BCUT2D eigenvalue weighted by atomic mass is 16.3. The van der Waals surface area contributed by atoms with Gasteiger partial charge < -0.3 is 10.4 Å². The van der Waals surface area contributed by atoms with E-state index in [9.17, 15) is 5.11 Å². The van der Waals surface area contributed by atoms with Crippen LogP contribution < -0.4 is 5.32 Å². The molecule has 2 unspecified atom stereocenters. The second-order valence-corrected chi connectivity index (χ2v) is 4.83. The van der Waals surface area contributed by atoms with Crippen molar-refractivity contribution in [2.75, 3.05) is 13.2 Å². The topological polar surface area (TPSA) is 32.3 Å². The van der Waals surface area contributed by atoms with E-state index >= 15 is 0 Å². The number of aliphatic hydroxyl groups excluding tert-OH is 1. The standard InChI is InChI=1S/C14H21NO/c1-12(13-7-3-2-4-8-13)14(11-16)9-5-6-10-15-14/h2-4,7-8,12,15-16H,5-6,9-11H2,1H3. The third-order valence-corrected chi connectivity index (χ3v) is 3.94. The van der Waals surface area contributed by atoms with Gasteiger partial charge in [-0.05, 0) is 24.9 Å². The van der Waals surface area contributed by atoms with Gasteiger partial charge in [0.05, 0.1) is 6.61 Å². The molecule has 88 valence electrons. The summed E-state index contributed by atoms with van der Waals surface area (Å²) in [4.78, 5) is 0. The number of piperidine rings is 1. The molecule has 1 aliphatic heterocycles. The highest BCUT2D eigenvalue weighted by molar-refractivity contribution is 5.23. The Labute approximate surface area is 97.7 Å². The second-order valence-electron chi connectivity index (χ2n) is 4.83. The fourth-order valence-corrected chi connectivity index (χ4v) is 2.69. The molecule has 1 aromatic rings. The molecule has 2 atom stereocenters. The van der Waals surface area contributed by atoms with Gasteiger partial charge in [0.1, 0.15) is 0 Å². The van der Waals surface area contributed by atoms with E-state index in [0.717, 1.165) is 13.0 Å². The van der Waals surface area contributed by atoms with E-state index in [1.165, 1.54) is 18.4 Å². The highest BCUT2D eigenvalue weighted by Crippen LogP contribution is 2.33. The van der Waals surface area contributed by atoms with Crippen LogP contribution in [-0.4, -0.2) is 23.8 Å². The number of hydrogen-bond acceptors (Lipinski definition) is 2. The first-order valence-corrected chi connectivity index (χ1v) is 6.19. The first-order chi connectivity index (χ1) is 7.78. The summed E-state index contributed by atoms with van der Waals surface area (Å²) in [5.41, 5.74) is 1.20. The molecule has 1 aliphatic rings. The normalized spacial score (nSPS) is 27.6. The molecule has 0 aromatic heterocycles. The molecule has 1 aromatic carbocycles. The van der Waals surface area contributed by atoms with Crippen LogP contribution in [0.15, 0.2) is 30.3 Å². The van der Waals surface area contributed by atoms with Crippen molar-refractivity contribution in [2.24, 2.45) is 0 Å². The van der Waals surface area contributed by atoms with Crippen molar-refractivity contribution in [3.63, 3.8) is 0 Å². The van der Waals surface area contributed by atoms with E-state index in [-0.39, 0.29) is 12.1 Å². The summed E-state index contributed by atoms with van der Waals surface area (Å²) in [6, 6.07) is 10.5. The van der Waals surface area contributed by atoms with Crippen LogP contribution in [0.3, 0.4) is 0 Å². The summed E-state index contributed by atoms with van der Waals surface area (Å²) in [6.45, 7) is 3.46. The van der Waals surface area contributed by atoms with Crippen LogP contribution in [0.2, 0.25) is 0 Å². The van der Waals surface area contributed by atoms with Crippen molar-refractivity contribution in [2.45, 2.75) is 37.6 Å². The Kier molecular flexibility index (Phi) is 3.62. The number of benzene rings is 1. The lowest BCUT2D eigenvalue weighted by atomic mass is 9.76. The van der Waals surface area contributed by atoms with Gasteiger partial charge in [0.25, 0.3) is 0 Å². The minimum Gasteiger partial charge on any atom is -0.394 e. The molecule has 0 spiro atoms. The molecule has 1 heterocycles. The van der Waals surface area contributed by atoms with Crippen molar-refractivity contribution in [3.8, 4) is 0 Å². The van der Waals surface area contributed by atoms with Crippen LogP contribution in [-0.2, 0) is 0 Å². The molecule has 16 heavy (non-hydrogen) atoms. The Morgan fingerprint density at radius 1 is 1.31 bits per heavy atom. The number of hydrogen-bond donors (Lipinski definition) is 2. The van der Waals surface area contributed by atoms with Gasteiger partial charge in [-0.15, -0.1) is 0 Å². The Morgan fingerprint density at radius 3 is 2.62 bits per heavy atom. The van der Waals surface area contributed by atoms with E-state index in [0.29, 0.717) is 5.92 Å². The van der Waals surface area contributed by atoms with Gasteiger partial charge >= 0.3 is 0 Å². The molecule has 1 fully saturated rings. The Bertz CT molecular complexity index is 317. The maximum Gasteiger partial charge on any atom is 0.0619 e. The van der Waals surface area contributed by atoms with Crippen LogP contribution in [0.5, 0.6) is 0 Å². The van der Waals surface area contributed by atoms with Gasteiger partial charge in [0.15, 0.2) is 0 Å². The summed E-state index contributed by atoms with van der Waals surface area (Å²) in [6.07, 6.45) is 3.51. The van der Waals surface area contributed by atoms with Gasteiger partial charge in [-0.3, -0.25) is 0 Å². The fourth-order valence-electron chi connectivity index (χ4n) is 2.69. The molecule has 0 amide bonds. The maximum absolute atomic E-state index is 9.71. The van der Waals surface area contributed by atoms with Crippen molar-refractivity contribution >= 4 is 0 Å². The zero-order valence-corrected chi connectivity index (χ0v) is 9.95. The SMILES string of the molecule is CC(c1ccccc1)C1(CO)CCCCN1. The molecule has 0 bridgehead atoms. The molecule has 0 radical (unpaired) electrons. The van der Waals surface area contributed by atoms with Crippen molar-refractivity contribution in [3.05, 3.63) is 35.9 Å². The van der Waals surface area contributed by atoms with E-state index in [2.05, 4.69) is 36.5 Å². The second kappa shape index (κ2) is 4.98. The van der Waals surface area contributed by atoms with Crippen LogP contribution in [0.1, 0.15) is 37.7 Å². The third kappa shape index (κ3) is 2.13. The lowest BCUT2D eigenvalue weighted by molar-refractivity contribution is 0.111. The maximum atomic E-state index is 9.71. The summed E-state index contributed by atoms with van der Waals surface area (Å²) >= 11 is 0. The molecule has 2 nitrogen and oxygen atoms in total. The lowest BCUT2D eigenvalue weighted by Crippen LogP contribution is -2.54. The summed E-state index contributed by atoms with van der Waals surface area (Å²) in [5.74, 6) is 0.360. The summed E-state index contributed by atoms with van der Waals surface area (Å²) in [5, 5.41) is 13.2. The molecular weight excluding hydrogens is 198 g/mol. The lowest BCUT2D eigenvalue weighted by Gasteiger charge is -2.42. The Hall–Kier alpha value is -0.860. The van der Waals surface area contributed by atoms with Gasteiger partial charge in [-0.2, -0.15) is 0 Å². The molecule has 1 saturated heterocycles. The average Bonchev–Trinajstić information content (AvgIpc) is 2.39. The predicted molar refractivity (Wildman–Crippen MR) is 66.5 cm³/mol. The van der Waals surface area contributed by atoms with E-state index < -0.39 is 0 Å². The minimum absolute atomic E-state index is 0.112. The van der Waals surface area contributed by atoms with Crippen LogP contribution in [0.4, 0.5) is 0 Å². The van der Waals surface area contributed by atoms with Crippen molar-refractivity contribution in [1.82, 2.24) is 5.32 Å². The van der Waals surface area contributed by atoms with Gasteiger partial charge in [0, 0.05) is 11.5 Å². The first kappa shape index (κ1) is 11.6. The van der Waals surface area contributed by atoms with Crippen molar-refractivity contribution in [1.29, 1.82) is 0 Å². The number of rotatable bonds is 3.